The van der Waals surface area contributed by atoms with E-state index in [2.05, 4.69) is 27.5 Å². The maximum atomic E-state index is 11.9. The topological polar surface area (TPSA) is 47.6 Å². The maximum Gasteiger partial charge on any atom is 0.224 e. The number of hydrogen-bond donors (Lipinski definition) is 2. The molecule has 1 amide bonds. The molecule has 0 bridgehead atoms. The normalized spacial score (nSPS) is 23.2. The number of piperazine rings is 1. The first kappa shape index (κ1) is 23.5. The number of amides is 1. The lowest BCUT2D eigenvalue weighted by molar-refractivity contribution is -0.125. The summed E-state index contributed by atoms with van der Waals surface area (Å²) in [5, 5.41) is 6.36. The van der Waals surface area contributed by atoms with E-state index in [1.807, 2.05) is 0 Å². The summed E-state index contributed by atoms with van der Waals surface area (Å²) in [6.45, 7) is 8.21. The molecule has 0 radical (unpaired) electrons. The van der Waals surface area contributed by atoms with Crippen LogP contribution in [0.2, 0.25) is 0 Å². The molecule has 0 aromatic carbocycles. The minimum Gasteiger partial charge on any atom is -0.355 e. The molecule has 0 saturated carbocycles. The largest absolute Gasteiger partial charge is 0.355 e. The molecule has 2 heterocycles. The van der Waals surface area contributed by atoms with E-state index in [1.54, 1.807) is 0 Å². The zero-order valence-electron chi connectivity index (χ0n) is 12.7. The lowest BCUT2D eigenvalue weighted by Crippen LogP contribution is -2.48. The van der Waals surface area contributed by atoms with E-state index in [1.165, 1.54) is 0 Å². The fraction of sp³-hybridized carbons (Fsp3) is 0.923. The van der Waals surface area contributed by atoms with Crippen LogP contribution < -0.4 is 10.6 Å². The highest BCUT2D eigenvalue weighted by molar-refractivity contribution is 5.86. The Balaban J connectivity index is 0. The second kappa shape index (κ2) is 12.7. The third-order valence-electron chi connectivity index (χ3n) is 3.99. The summed E-state index contributed by atoms with van der Waals surface area (Å²) in [7, 11) is 2.16. The Hall–Kier alpha value is 0.220. The molecule has 2 saturated heterocycles. The van der Waals surface area contributed by atoms with Crippen LogP contribution in [0, 0.1) is 5.92 Å². The fourth-order valence-electron chi connectivity index (χ4n) is 2.63. The average molecular weight is 364 g/mol. The monoisotopic (exact) mass is 362 g/mol. The van der Waals surface area contributed by atoms with Crippen molar-refractivity contribution in [2.45, 2.75) is 12.8 Å². The van der Waals surface area contributed by atoms with Crippen LogP contribution in [0.1, 0.15) is 12.8 Å². The molecule has 0 aromatic rings. The average Bonchev–Trinajstić information content (AvgIpc) is 2.42. The number of nitrogens with zero attached hydrogens (tertiary/aromatic N) is 2. The summed E-state index contributed by atoms with van der Waals surface area (Å²) >= 11 is 0. The van der Waals surface area contributed by atoms with Gasteiger partial charge in [-0.1, -0.05) is 0 Å². The summed E-state index contributed by atoms with van der Waals surface area (Å²) in [6, 6.07) is 0. The lowest BCUT2D eigenvalue weighted by Gasteiger charge is -2.32. The second-order valence-electron chi connectivity index (χ2n) is 5.48. The van der Waals surface area contributed by atoms with Crippen molar-refractivity contribution in [2.75, 3.05) is 59.4 Å². The van der Waals surface area contributed by atoms with Gasteiger partial charge in [0.1, 0.15) is 0 Å². The number of nitrogens with one attached hydrogen (secondary N) is 2. The highest BCUT2D eigenvalue weighted by Crippen LogP contribution is 2.09. The van der Waals surface area contributed by atoms with Gasteiger partial charge >= 0.3 is 0 Å². The number of likely N-dealkylation sites (N-methyl/N-ethyl adjacent to an activating group) is 1. The molecule has 2 rings (SSSR count). The Morgan fingerprint density at radius 3 is 2.43 bits per heavy atom. The molecular weight excluding hydrogens is 335 g/mol. The van der Waals surface area contributed by atoms with Gasteiger partial charge in [-0.15, -0.1) is 37.2 Å². The first-order valence-corrected chi connectivity index (χ1v) is 7.15. The standard InChI is InChI=1S/C13H26N4O.3ClH/c1-16-7-9-17(10-8-16)6-5-15-13(18)12-3-2-4-14-11-12;;;/h12,14H,2-11H2,1H3,(H,15,18);3*1H/t12-;;;/m1.../s1. The van der Waals surface area contributed by atoms with Gasteiger partial charge in [0.05, 0.1) is 5.92 Å². The van der Waals surface area contributed by atoms with Crippen molar-refractivity contribution >= 4 is 43.1 Å². The van der Waals surface area contributed by atoms with E-state index in [0.717, 1.165) is 65.2 Å². The zero-order valence-corrected chi connectivity index (χ0v) is 15.1. The van der Waals surface area contributed by atoms with E-state index in [4.69, 9.17) is 0 Å². The van der Waals surface area contributed by atoms with Gasteiger partial charge < -0.3 is 15.5 Å². The van der Waals surface area contributed by atoms with Gasteiger partial charge in [-0.2, -0.15) is 0 Å². The van der Waals surface area contributed by atoms with Gasteiger partial charge in [-0.25, -0.2) is 0 Å². The Labute approximate surface area is 146 Å². The van der Waals surface area contributed by atoms with Crippen LogP contribution in [0.4, 0.5) is 0 Å². The highest BCUT2D eigenvalue weighted by atomic mass is 35.5. The zero-order chi connectivity index (χ0) is 12.8. The SMILES string of the molecule is CN1CCN(CCNC(=O)[C@@H]2CCCNC2)CC1.Cl.Cl.Cl. The van der Waals surface area contributed by atoms with Crippen LogP contribution in [0.25, 0.3) is 0 Å². The summed E-state index contributed by atoms with van der Waals surface area (Å²) in [5.74, 6) is 0.419. The summed E-state index contributed by atoms with van der Waals surface area (Å²) in [6.07, 6.45) is 2.16. The van der Waals surface area contributed by atoms with Crippen LogP contribution in [-0.2, 0) is 4.79 Å². The predicted molar refractivity (Wildman–Crippen MR) is 94.3 cm³/mol. The minimum atomic E-state index is 0. The number of piperidine rings is 1. The van der Waals surface area contributed by atoms with Crippen LogP contribution in [0.3, 0.4) is 0 Å². The molecule has 0 unspecified atom stereocenters. The Kier molecular flexibility index (Phi) is 14.2. The molecule has 1 atom stereocenters. The van der Waals surface area contributed by atoms with E-state index >= 15 is 0 Å². The van der Waals surface area contributed by atoms with E-state index < -0.39 is 0 Å². The quantitative estimate of drug-likeness (QED) is 0.768. The smallest absolute Gasteiger partial charge is 0.224 e. The van der Waals surface area contributed by atoms with Crippen molar-refractivity contribution in [3.63, 3.8) is 0 Å². The Morgan fingerprint density at radius 2 is 1.86 bits per heavy atom. The minimum absolute atomic E-state index is 0. The van der Waals surface area contributed by atoms with Gasteiger partial charge in [0, 0.05) is 45.8 Å². The third-order valence-corrected chi connectivity index (χ3v) is 3.99. The second-order valence-corrected chi connectivity index (χ2v) is 5.48. The van der Waals surface area contributed by atoms with Crippen molar-refractivity contribution in [3.8, 4) is 0 Å². The number of rotatable bonds is 4. The van der Waals surface area contributed by atoms with Crippen molar-refractivity contribution < 1.29 is 4.79 Å². The van der Waals surface area contributed by atoms with Gasteiger partial charge in [-0.05, 0) is 26.4 Å². The molecule has 0 spiro atoms. The third kappa shape index (κ3) is 8.43. The van der Waals surface area contributed by atoms with Gasteiger partial charge in [0.2, 0.25) is 5.91 Å². The summed E-state index contributed by atoms with van der Waals surface area (Å²) in [5.41, 5.74) is 0. The number of halogens is 3. The van der Waals surface area contributed by atoms with Crippen molar-refractivity contribution in [3.05, 3.63) is 0 Å². The van der Waals surface area contributed by atoms with Crippen LogP contribution in [-0.4, -0.2) is 75.1 Å². The fourth-order valence-corrected chi connectivity index (χ4v) is 2.63. The van der Waals surface area contributed by atoms with Crippen molar-refractivity contribution in [2.24, 2.45) is 5.92 Å². The molecule has 5 nitrogen and oxygen atoms in total. The Morgan fingerprint density at radius 1 is 1.19 bits per heavy atom. The van der Waals surface area contributed by atoms with Crippen LogP contribution in [0.5, 0.6) is 0 Å². The molecule has 128 valence electrons. The molecule has 2 fully saturated rings. The van der Waals surface area contributed by atoms with E-state index in [-0.39, 0.29) is 49.0 Å². The van der Waals surface area contributed by atoms with Gasteiger partial charge in [0.15, 0.2) is 0 Å². The van der Waals surface area contributed by atoms with Gasteiger partial charge in [-0.3, -0.25) is 9.69 Å². The number of carbonyl (C=O) groups excluding carboxylic acids is 1. The molecule has 8 heteroatoms. The maximum absolute atomic E-state index is 11.9. The summed E-state index contributed by atoms with van der Waals surface area (Å²) < 4.78 is 0. The van der Waals surface area contributed by atoms with Crippen molar-refractivity contribution in [1.29, 1.82) is 0 Å². The predicted octanol–water partition coefficient (Wildman–Crippen LogP) is 0.615. The molecule has 0 aliphatic carbocycles. The van der Waals surface area contributed by atoms with Crippen molar-refractivity contribution in [1.82, 2.24) is 20.4 Å². The molecular formula is C13H29Cl3N4O. The van der Waals surface area contributed by atoms with Crippen LogP contribution >= 0.6 is 37.2 Å². The molecule has 0 aromatic heterocycles. The number of carbonyl (C=O) groups is 1. The van der Waals surface area contributed by atoms with E-state index in [0.29, 0.717) is 0 Å². The summed E-state index contributed by atoms with van der Waals surface area (Å²) in [4.78, 5) is 16.7. The Bertz CT molecular complexity index is 270. The highest BCUT2D eigenvalue weighted by Gasteiger charge is 2.20. The van der Waals surface area contributed by atoms with Gasteiger partial charge in [0.25, 0.3) is 0 Å². The first-order chi connectivity index (χ1) is 8.75. The lowest BCUT2D eigenvalue weighted by atomic mass is 9.99. The molecule has 2 aliphatic rings. The van der Waals surface area contributed by atoms with E-state index in [9.17, 15) is 4.79 Å². The number of hydrogen-bond acceptors (Lipinski definition) is 4. The van der Waals surface area contributed by atoms with Crippen LogP contribution in [0.15, 0.2) is 0 Å². The molecule has 2 N–H and O–H groups in total. The molecule has 21 heavy (non-hydrogen) atoms. The first-order valence-electron chi connectivity index (χ1n) is 7.15. The molecule has 2 aliphatic heterocycles.